The molecule has 0 aromatic carbocycles. The highest BCUT2D eigenvalue weighted by Crippen LogP contribution is 2.30. The molecule has 1 atom stereocenters. The standard InChI is InChI=1S/C11H22N2O4S/c1-4-13(8-10-5-6-10)18(16,17)12(3)7-9(2)11(14)15/h9-10H,4-8H2,1-3H3,(H,14,15). The van der Waals surface area contributed by atoms with Crippen molar-refractivity contribution in [1.29, 1.82) is 0 Å². The van der Waals surface area contributed by atoms with E-state index in [0.717, 1.165) is 17.1 Å². The molecule has 0 amide bonds. The maximum Gasteiger partial charge on any atom is 0.307 e. The van der Waals surface area contributed by atoms with E-state index in [1.165, 1.54) is 18.3 Å². The van der Waals surface area contributed by atoms with Crippen molar-refractivity contribution in [2.24, 2.45) is 11.8 Å². The minimum Gasteiger partial charge on any atom is -0.481 e. The van der Waals surface area contributed by atoms with Crippen LogP contribution in [0.25, 0.3) is 0 Å². The number of hydrogen-bond acceptors (Lipinski definition) is 3. The highest BCUT2D eigenvalue weighted by atomic mass is 32.2. The molecule has 0 spiro atoms. The van der Waals surface area contributed by atoms with Crippen molar-refractivity contribution in [2.45, 2.75) is 26.7 Å². The van der Waals surface area contributed by atoms with Crippen LogP contribution in [0.4, 0.5) is 0 Å². The Morgan fingerprint density at radius 2 is 2.00 bits per heavy atom. The Hall–Kier alpha value is -0.660. The van der Waals surface area contributed by atoms with Crippen LogP contribution < -0.4 is 0 Å². The second-order valence-corrected chi connectivity index (χ2v) is 6.96. The number of nitrogens with zero attached hydrogens (tertiary/aromatic N) is 2. The molecule has 6 nitrogen and oxygen atoms in total. The van der Waals surface area contributed by atoms with E-state index in [-0.39, 0.29) is 6.54 Å². The van der Waals surface area contributed by atoms with E-state index in [1.54, 1.807) is 6.92 Å². The third kappa shape index (κ3) is 3.93. The monoisotopic (exact) mass is 278 g/mol. The van der Waals surface area contributed by atoms with Gasteiger partial charge in [-0.3, -0.25) is 4.79 Å². The van der Waals surface area contributed by atoms with Crippen molar-refractivity contribution in [3.8, 4) is 0 Å². The molecule has 1 fully saturated rings. The Morgan fingerprint density at radius 1 is 1.44 bits per heavy atom. The summed E-state index contributed by atoms with van der Waals surface area (Å²) in [7, 11) is -2.10. The van der Waals surface area contributed by atoms with Crippen LogP contribution in [-0.4, -0.2) is 54.8 Å². The summed E-state index contributed by atoms with van der Waals surface area (Å²) in [6, 6.07) is 0. The van der Waals surface area contributed by atoms with Crippen molar-refractivity contribution in [3.05, 3.63) is 0 Å². The highest BCUT2D eigenvalue weighted by molar-refractivity contribution is 7.86. The summed E-state index contributed by atoms with van der Waals surface area (Å²) >= 11 is 0. The fourth-order valence-corrected chi connectivity index (χ4v) is 3.26. The van der Waals surface area contributed by atoms with Crippen molar-refractivity contribution < 1.29 is 18.3 Å². The maximum atomic E-state index is 12.2. The van der Waals surface area contributed by atoms with Crippen LogP contribution in [0.2, 0.25) is 0 Å². The molecule has 1 rings (SSSR count). The number of aliphatic carboxylic acids is 1. The fraction of sp³-hybridized carbons (Fsp3) is 0.909. The Bertz CT molecular complexity index is 392. The number of rotatable bonds is 8. The summed E-state index contributed by atoms with van der Waals surface area (Å²) in [6.07, 6.45) is 2.17. The second kappa shape index (κ2) is 5.99. The minimum absolute atomic E-state index is 0.00116. The van der Waals surface area contributed by atoms with Crippen molar-refractivity contribution >= 4 is 16.2 Å². The van der Waals surface area contributed by atoms with E-state index in [4.69, 9.17) is 5.11 Å². The lowest BCUT2D eigenvalue weighted by Crippen LogP contribution is -2.44. The van der Waals surface area contributed by atoms with Crippen molar-refractivity contribution in [2.75, 3.05) is 26.7 Å². The summed E-state index contributed by atoms with van der Waals surface area (Å²) in [5, 5.41) is 8.81. The Kier molecular flexibility index (Phi) is 5.12. The zero-order valence-electron chi connectivity index (χ0n) is 11.2. The predicted molar refractivity (Wildman–Crippen MR) is 68.3 cm³/mol. The normalized spacial score (nSPS) is 18.3. The average Bonchev–Trinajstić information content (AvgIpc) is 3.08. The largest absolute Gasteiger partial charge is 0.481 e. The molecule has 1 N–H and O–H groups in total. The molecule has 1 aliphatic rings. The third-order valence-corrected chi connectivity index (χ3v) is 5.18. The Balaban J connectivity index is 2.66. The first kappa shape index (κ1) is 15.4. The summed E-state index contributed by atoms with van der Waals surface area (Å²) in [5.74, 6) is -1.21. The molecule has 0 radical (unpaired) electrons. The molecular formula is C11H22N2O4S. The molecular weight excluding hydrogens is 256 g/mol. The van der Waals surface area contributed by atoms with Crippen LogP contribution in [0.3, 0.4) is 0 Å². The zero-order valence-corrected chi connectivity index (χ0v) is 12.0. The van der Waals surface area contributed by atoms with E-state index in [0.29, 0.717) is 19.0 Å². The molecule has 7 heteroatoms. The first-order chi connectivity index (χ1) is 8.28. The molecule has 1 aliphatic carbocycles. The van der Waals surface area contributed by atoms with E-state index in [1.807, 2.05) is 0 Å². The average molecular weight is 278 g/mol. The van der Waals surface area contributed by atoms with Gasteiger partial charge in [0.1, 0.15) is 0 Å². The topological polar surface area (TPSA) is 77.9 Å². The lowest BCUT2D eigenvalue weighted by atomic mass is 10.2. The van der Waals surface area contributed by atoms with Crippen LogP contribution >= 0.6 is 0 Å². The van der Waals surface area contributed by atoms with Gasteiger partial charge in [-0.15, -0.1) is 0 Å². The van der Waals surface area contributed by atoms with Gasteiger partial charge >= 0.3 is 5.97 Å². The van der Waals surface area contributed by atoms with E-state index in [2.05, 4.69) is 0 Å². The molecule has 0 saturated heterocycles. The van der Waals surface area contributed by atoms with Gasteiger partial charge in [-0.25, -0.2) is 0 Å². The lowest BCUT2D eigenvalue weighted by Gasteiger charge is -2.27. The van der Waals surface area contributed by atoms with E-state index >= 15 is 0 Å². The van der Waals surface area contributed by atoms with Crippen molar-refractivity contribution in [1.82, 2.24) is 8.61 Å². The SMILES string of the molecule is CCN(CC1CC1)S(=O)(=O)N(C)CC(C)C(=O)O. The van der Waals surface area contributed by atoms with Gasteiger partial charge < -0.3 is 5.11 Å². The summed E-state index contributed by atoms with van der Waals surface area (Å²) in [4.78, 5) is 10.8. The van der Waals surface area contributed by atoms with Gasteiger partial charge in [0.05, 0.1) is 5.92 Å². The second-order valence-electron chi connectivity index (χ2n) is 4.92. The number of carbonyl (C=O) groups is 1. The quantitative estimate of drug-likeness (QED) is 0.706. The van der Waals surface area contributed by atoms with Gasteiger partial charge in [-0.05, 0) is 18.8 Å². The molecule has 0 aromatic rings. The Labute approximate surface area is 109 Å². The molecule has 18 heavy (non-hydrogen) atoms. The van der Waals surface area contributed by atoms with Crippen LogP contribution in [0, 0.1) is 11.8 Å². The molecule has 1 saturated carbocycles. The molecule has 0 aromatic heterocycles. The summed E-state index contributed by atoms with van der Waals surface area (Å²) in [5.41, 5.74) is 0. The number of hydrogen-bond donors (Lipinski definition) is 1. The van der Waals surface area contributed by atoms with Crippen LogP contribution in [0.5, 0.6) is 0 Å². The maximum absolute atomic E-state index is 12.2. The first-order valence-electron chi connectivity index (χ1n) is 6.23. The number of carboxylic acid groups (broad SMARTS) is 1. The van der Waals surface area contributed by atoms with Crippen LogP contribution in [0.15, 0.2) is 0 Å². The van der Waals surface area contributed by atoms with Gasteiger partial charge in [0, 0.05) is 26.7 Å². The molecule has 0 aliphatic heterocycles. The Morgan fingerprint density at radius 3 is 2.39 bits per heavy atom. The van der Waals surface area contributed by atoms with E-state index in [9.17, 15) is 13.2 Å². The molecule has 1 unspecified atom stereocenters. The smallest absolute Gasteiger partial charge is 0.307 e. The highest BCUT2D eigenvalue weighted by Gasteiger charge is 2.33. The molecule has 0 heterocycles. The fourth-order valence-electron chi connectivity index (χ4n) is 1.73. The lowest BCUT2D eigenvalue weighted by molar-refractivity contribution is -0.141. The van der Waals surface area contributed by atoms with E-state index < -0.39 is 22.1 Å². The van der Waals surface area contributed by atoms with Gasteiger partial charge in [0.25, 0.3) is 10.2 Å². The van der Waals surface area contributed by atoms with Gasteiger partial charge in [-0.1, -0.05) is 13.8 Å². The summed E-state index contributed by atoms with van der Waals surface area (Å²) in [6.45, 7) is 4.27. The molecule has 0 bridgehead atoms. The first-order valence-corrected chi connectivity index (χ1v) is 7.63. The zero-order chi connectivity index (χ0) is 13.9. The summed E-state index contributed by atoms with van der Waals surface area (Å²) < 4.78 is 27.1. The van der Waals surface area contributed by atoms with Gasteiger partial charge in [-0.2, -0.15) is 17.0 Å². The predicted octanol–water partition coefficient (Wildman–Crippen LogP) is 0.616. The van der Waals surface area contributed by atoms with Crippen molar-refractivity contribution in [3.63, 3.8) is 0 Å². The minimum atomic E-state index is -3.53. The third-order valence-electron chi connectivity index (χ3n) is 3.18. The van der Waals surface area contributed by atoms with Crippen LogP contribution in [0.1, 0.15) is 26.7 Å². The molecule has 106 valence electrons. The van der Waals surface area contributed by atoms with Gasteiger partial charge in [0.15, 0.2) is 0 Å². The number of carboxylic acids is 1. The van der Waals surface area contributed by atoms with Gasteiger partial charge in [0.2, 0.25) is 0 Å². The van der Waals surface area contributed by atoms with Crippen LogP contribution in [-0.2, 0) is 15.0 Å².